The maximum Gasteiger partial charge on any atom is 0.250 e. The first-order chi connectivity index (χ1) is 7.00. The van der Waals surface area contributed by atoms with Crippen molar-refractivity contribution in [1.82, 2.24) is 0 Å². The van der Waals surface area contributed by atoms with Gasteiger partial charge in [0, 0.05) is 11.3 Å². The van der Waals surface area contributed by atoms with Crippen LogP contribution < -0.4 is 16.8 Å². The number of anilines is 3. The summed E-state index contributed by atoms with van der Waals surface area (Å²) in [4.78, 5) is 22.9. The number of fused-ring (bicyclic) bond motifs is 1. The molecule has 6 heteroatoms. The molecule has 0 bridgehead atoms. The summed E-state index contributed by atoms with van der Waals surface area (Å²) in [7, 11) is 0. The van der Waals surface area contributed by atoms with Gasteiger partial charge >= 0.3 is 0 Å². The fourth-order valence-corrected chi connectivity index (χ4v) is 1.64. The highest BCUT2D eigenvalue weighted by Gasteiger charge is 2.33. The first-order valence-electron chi connectivity index (χ1n) is 4.19. The van der Waals surface area contributed by atoms with Gasteiger partial charge in [0.2, 0.25) is 0 Å². The highest BCUT2D eigenvalue weighted by atomic mass is 35.5. The van der Waals surface area contributed by atoms with E-state index in [-0.39, 0.29) is 16.9 Å². The summed E-state index contributed by atoms with van der Waals surface area (Å²) in [6.07, 6.45) is 0. The van der Waals surface area contributed by atoms with Crippen molar-refractivity contribution < 1.29 is 9.59 Å². The molecule has 0 aromatic heterocycles. The number of amides is 1. The van der Waals surface area contributed by atoms with Crippen molar-refractivity contribution in [3.63, 3.8) is 0 Å². The summed E-state index contributed by atoms with van der Waals surface area (Å²) in [6.45, 7) is 0. The number of nitrogens with one attached hydrogen (secondary N) is 1. The molecule has 1 aromatic rings. The minimum atomic E-state index is -1.21. The maximum atomic E-state index is 11.6. The summed E-state index contributed by atoms with van der Waals surface area (Å²) in [5, 5.41) is 1.25. The Hall–Kier alpha value is -1.75. The molecule has 0 spiro atoms. The molecule has 1 amide bonds. The molecule has 5 nitrogen and oxygen atoms in total. The largest absolute Gasteiger partial charge is 0.399 e. The van der Waals surface area contributed by atoms with E-state index in [4.69, 9.17) is 23.1 Å². The van der Waals surface area contributed by atoms with Gasteiger partial charge in [-0.05, 0) is 12.1 Å². The van der Waals surface area contributed by atoms with Gasteiger partial charge in [-0.25, -0.2) is 0 Å². The van der Waals surface area contributed by atoms with Crippen LogP contribution in [-0.2, 0) is 4.79 Å². The van der Waals surface area contributed by atoms with E-state index >= 15 is 0 Å². The van der Waals surface area contributed by atoms with Gasteiger partial charge < -0.3 is 16.8 Å². The SMILES string of the molecule is Nc1cc(N)c2c(c1)C(=O)C(Cl)C(=O)N2. The quantitative estimate of drug-likeness (QED) is 0.342. The topological polar surface area (TPSA) is 98.2 Å². The molecule has 15 heavy (non-hydrogen) atoms. The molecular weight excluding hydrogens is 218 g/mol. The van der Waals surface area contributed by atoms with Crippen LogP contribution in [0.15, 0.2) is 12.1 Å². The van der Waals surface area contributed by atoms with Crippen molar-refractivity contribution in [3.05, 3.63) is 17.7 Å². The molecule has 1 aliphatic rings. The van der Waals surface area contributed by atoms with E-state index in [0.29, 0.717) is 5.69 Å². The lowest BCUT2D eigenvalue weighted by Crippen LogP contribution is -2.36. The van der Waals surface area contributed by atoms with Crippen molar-refractivity contribution in [1.29, 1.82) is 0 Å². The zero-order valence-electron chi connectivity index (χ0n) is 7.58. The van der Waals surface area contributed by atoms with E-state index in [1.54, 1.807) is 0 Å². The van der Waals surface area contributed by atoms with E-state index in [9.17, 15) is 9.59 Å². The molecule has 1 aliphatic heterocycles. The van der Waals surface area contributed by atoms with Crippen LogP contribution in [0.2, 0.25) is 0 Å². The average Bonchev–Trinajstić information content (AvgIpc) is 2.17. The van der Waals surface area contributed by atoms with Gasteiger partial charge in [-0.2, -0.15) is 0 Å². The maximum absolute atomic E-state index is 11.6. The van der Waals surface area contributed by atoms with E-state index in [2.05, 4.69) is 5.32 Å². The summed E-state index contributed by atoms with van der Waals surface area (Å²) >= 11 is 5.61. The molecule has 0 aliphatic carbocycles. The molecule has 1 unspecified atom stereocenters. The molecule has 2 rings (SSSR count). The third kappa shape index (κ3) is 1.41. The van der Waals surface area contributed by atoms with Crippen LogP contribution >= 0.6 is 11.6 Å². The van der Waals surface area contributed by atoms with Crippen molar-refractivity contribution in [2.45, 2.75) is 5.38 Å². The Morgan fingerprint density at radius 3 is 2.60 bits per heavy atom. The Morgan fingerprint density at radius 2 is 1.93 bits per heavy atom. The second-order valence-electron chi connectivity index (χ2n) is 3.25. The first-order valence-corrected chi connectivity index (χ1v) is 4.62. The molecule has 1 atom stereocenters. The second kappa shape index (κ2) is 3.13. The number of halogens is 1. The van der Waals surface area contributed by atoms with Crippen molar-refractivity contribution >= 4 is 40.4 Å². The lowest BCUT2D eigenvalue weighted by molar-refractivity contribution is -0.115. The predicted octanol–water partition coefficient (Wildman–Crippen LogP) is 0.593. The van der Waals surface area contributed by atoms with Gasteiger partial charge in [0.25, 0.3) is 5.91 Å². The fraction of sp³-hybridized carbons (Fsp3) is 0.111. The number of ketones is 1. The van der Waals surface area contributed by atoms with Crippen molar-refractivity contribution in [2.75, 3.05) is 16.8 Å². The minimum absolute atomic E-state index is 0.257. The number of benzene rings is 1. The lowest BCUT2D eigenvalue weighted by atomic mass is 9.99. The van der Waals surface area contributed by atoms with Crippen LogP contribution in [-0.4, -0.2) is 17.1 Å². The smallest absolute Gasteiger partial charge is 0.250 e. The Labute approximate surface area is 90.4 Å². The molecule has 1 heterocycles. The molecule has 0 saturated carbocycles. The Morgan fingerprint density at radius 1 is 1.27 bits per heavy atom. The van der Waals surface area contributed by atoms with Crippen LogP contribution in [0.4, 0.5) is 17.1 Å². The van der Waals surface area contributed by atoms with Gasteiger partial charge in [0.05, 0.1) is 11.4 Å². The lowest BCUT2D eigenvalue weighted by Gasteiger charge is -2.21. The average molecular weight is 226 g/mol. The Bertz CT molecular complexity index is 473. The van der Waals surface area contributed by atoms with Crippen LogP contribution in [0.25, 0.3) is 0 Å². The summed E-state index contributed by atoms with van der Waals surface area (Å²) in [5.41, 5.74) is 12.3. The molecule has 78 valence electrons. The molecule has 0 radical (unpaired) electrons. The molecule has 0 saturated heterocycles. The predicted molar refractivity (Wildman–Crippen MR) is 57.9 cm³/mol. The van der Waals surface area contributed by atoms with Gasteiger partial charge in [0.15, 0.2) is 11.2 Å². The summed E-state index contributed by atoms with van der Waals surface area (Å²) < 4.78 is 0. The number of carbonyl (C=O) groups excluding carboxylic acids is 2. The zero-order chi connectivity index (χ0) is 11.2. The van der Waals surface area contributed by atoms with E-state index in [0.717, 1.165) is 0 Å². The number of carbonyl (C=O) groups is 2. The number of rotatable bonds is 0. The Balaban J connectivity index is 2.65. The van der Waals surface area contributed by atoms with E-state index < -0.39 is 17.1 Å². The van der Waals surface area contributed by atoms with Crippen molar-refractivity contribution in [2.24, 2.45) is 0 Å². The number of Topliss-reactive ketones (excluding diaryl/α,β-unsaturated/α-hetero) is 1. The number of hydrogen-bond acceptors (Lipinski definition) is 4. The van der Waals surface area contributed by atoms with E-state index in [1.165, 1.54) is 12.1 Å². The van der Waals surface area contributed by atoms with Crippen LogP contribution in [0, 0.1) is 0 Å². The number of nitrogens with two attached hydrogens (primary N) is 2. The molecular formula is C9H8ClN3O2. The molecule has 1 aromatic carbocycles. The van der Waals surface area contributed by atoms with Gasteiger partial charge in [-0.3, -0.25) is 9.59 Å². The normalized spacial score (nSPS) is 19.7. The van der Waals surface area contributed by atoms with Gasteiger partial charge in [-0.15, -0.1) is 11.6 Å². The number of hydrogen-bond donors (Lipinski definition) is 3. The zero-order valence-corrected chi connectivity index (χ0v) is 8.34. The van der Waals surface area contributed by atoms with Gasteiger partial charge in [-0.1, -0.05) is 0 Å². The second-order valence-corrected chi connectivity index (χ2v) is 3.69. The van der Waals surface area contributed by atoms with Crippen LogP contribution in [0.3, 0.4) is 0 Å². The highest BCUT2D eigenvalue weighted by molar-refractivity contribution is 6.48. The van der Waals surface area contributed by atoms with Crippen LogP contribution in [0.5, 0.6) is 0 Å². The Kier molecular flexibility index (Phi) is 2.04. The monoisotopic (exact) mass is 225 g/mol. The minimum Gasteiger partial charge on any atom is -0.399 e. The van der Waals surface area contributed by atoms with Crippen molar-refractivity contribution in [3.8, 4) is 0 Å². The number of nitrogen functional groups attached to an aromatic ring is 2. The third-order valence-corrected chi connectivity index (χ3v) is 2.56. The fourth-order valence-electron chi connectivity index (χ4n) is 1.46. The summed E-state index contributed by atoms with van der Waals surface area (Å²) in [6, 6.07) is 2.92. The summed E-state index contributed by atoms with van der Waals surface area (Å²) in [5.74, 6) is -1.04. The van der Waals surface area contributed by atoms with Gasteiger partial charge in [0.1, 0.15) is 0 Å². The number of alkyl halides is 1. The highest BCUT2D eigenvalue weighted by Crippen LogP contribution is 2.32. The van der Waals surface area contributed by atoms with E-state index in [1.807, 2.05) is 0 Å². The first kappa shape index (κ1) is 9.79. The van der Waals surface area contributed by atoms with Crippen LogP contribution in [0.1, 0.15) is 10.4 Å². The standard InChI is InChI=1S/C9H8ClN3O2/c10-6-8(14)4-1-3(11)2-5(12)7(4)13-9(6)15/h1-2,6H,11-12H2,(H,13,15). The third-order valence-electron chi connectivity index (χ3n) is 2.17. The molecule has 0 fully saturated rings. The molecule has 5 N–H and O–H groups in total.